The van der Waals surface area contributed by atoms with E-state index in [9.17, 15) is 0 Å². The van der Waals surface area contributed by atoms with Gasteiger partial charge in [0.15, 0.2) is 0 Å². The van der Waals surface area contributed by atoms with Crippen molar-refractivity contribution in [1.29, 1.82) is 0 Å². The molecule has 0 aliphatic carbocycles. The number of aromatic nitrogens is 4. The number of rotatable bonds is 6. The Morgan fingerprint density at radius 1 is 0.852 bits per heavy atom. The molecule has 5 nitrogen and oxygen atoms in total. The third-order valence-electron chi connectivity index (χ3n) is 5.48. The van der Waals surface area contributed by atoms with Gasteiger partial charge in [0.05, 0.1) is 28.6 Å². The third-order valence-corrected chi connectivity index (χ3v) is 5.48. The maximum atomic E-state index is 4.84. The van der Waals surface area contributed by atoms with Crippen LogP contribution in [0.15, 0.2) is 30.3 Å². The van der Waals surface area contributed by atoms with Crippen molar-refractivity contribution in [3.05, 3.63) is 58.7 Å². The lowest BCUT2D eigenvalue weighted by molar-refractivity contribution is 0.276. The lowest BCUT2D eigenvalue weighted by atomic mass is 10.1. The number of para-hydroxylation sites is 1. The van der Waals surface area contributed by atoms with Crippen molar-refractivity contribution in [1.82, 2.24) is 24.8 Å². The summed E-state index contributed by atoms with van der Waals surface area (Å²) in [7, 11) is 0. The summed E-state index contributed by atoms with van der Waals surface area (Å²) in [6.07, 6.45) is 0.903. The number of nitrogens with one attached hydrogen (secondary N) is 2. The summed E-state index contributed by atoms with van der Waals surface area (Å²) in [5.41, 5.74) is 8.18. The molecule has 0 saturated carbocycles. The van der Waals surface area contributed by atoms with Crippen molar-refractivity contribution in [3.63, 3.8) is 0 Å². The first-order valence-electron chi connectivity index (χ1n) is 9.66. The Balaban J connectivity index is 1.47. The van der Waals surface area contributed by atoms with Crippen LogP contribution in [-0.4, -0.2) is 37.9 Å². The highest BCUT2D eigenvalue weighted by atomic mass is 15.1. The monoisotopic (exact) mass is 361 g/mol. The molecule has 2 aromatic heterocycles. The second kappa shape index (κ2) is 7.16. The van der Waals surface area contributed by atoms with E-state index in [0.29, 0.717) is 0 Å². The van der Waals surface area contributed by atoms with Crippen LogP contribution in [0.1, 0.15) is 35.3 Å². The molecule has 4 rings (SSSR count). The Labute approximate surface area is 159 Å². The van der Waals surface area contributed by atoms with Gasteiger partial charge in [-0.25, -0.2) is 9.97 Å². The van der Waals surface area contributed by atoms with Gasteiger partial charge in [-0.3, -0.25) is 4.90 Å². The van der Waals surface area contributed by atoms with Gasteiger partial charge in [-0.05, 0) is 56.1 Å². The quantitative estimate of drug-likeness (QED) is 0.534. The van der Waals surface area contributed by atoms with Crippen molar-refractivity contribution in [2.75, 3.05) is 13.1 Å². The number of hydrogen-bond acceptors (Lipinski definition) is 3. The van der Waals surface area contributed by atoms with Crippen LogP contribution in [-0.2, 0) is 13.0 Å². The fourth-order valence-corrected chi connectivity index (χ4v) is 3.61. The van der Waals surface area contributed by atoms with Gasteiger partial charge in [-0.15, -0.1) is 0 Å². The summed E-state index contributed by atoms with van der Waals surface area (Å²) in [5.74, 6) is 2.08. The molecule has 0 aliphatic heterocycles. The molecule has 0 atom stereocenters. The molecule has 0 aliphatic rings. The van der Waals surface area contributed by atoms with Crippen molar-refractivity contribution < 1.29 is 0 Å². The topological polar surface area (TPSA) is 60.6 Å². The first-order valence-corrected chi connectivity index (χ1v) is 9.66. The molecule has 0 saturated heterocycles. The van der Waals surface area contributed by atoms with Crippen molar-refractivity contribution in [3.8, 4) is 0 Å². The largest absolute Gasteiger partial charge is 0.342 e. The molecule has 0 radical (unpaired) electrons. The summed E-state index contributed by atoms with van der Waals surface area (Å²) >= 11 is 0. The highest BCUT2D eigenvalue weighted by Crippen LogP contribution is 2.20. The molecule has 140 valence electrons. The minimum absolute atomic E-state index is 0.822. The molecule has 2 heterocycles. The molecule has 0 bridgehead atoms. The molecular weight excluding hydrogens is 334 g/mol. The number of aromatic amines is 2. The molecule has 27 heavy (non-hydrogen) atoms. The zero-order valence-electron chi connectivity index (χ0n) is 16.6. The normalized spacial score (nSPS) is 11.9. The van der Waals surface area contributed by atoms with E-state index in [0.717, 1.165) is 59.8 Å². The van der Waals surface area contributed by atoms with Crippen molar-refractivity contribution in [2.24, 2.45) is 0 Å². The molecule has 4 aromatic rings. The molecule has 5 heteroatoms. The number of nitrogens with zero attached hydrogens (tertiary/aromatic N) is 3. The molecule has 0 fully saturated rings. The number of imidazole rings is 2. The Bertz CT molecular complexity index is 1090. The lowest BCUT2D eigenvalue weighted by Gasteiger charge is -2.18. The minimum atomic E-state index is 0.822. The molecule has 2 aromatic carbocycles. The van der Waals surface area contributed by atoms with Gasteiger partial charge in [-0.2, -0.15) is 0 Å². The summed E-state index contributed by atoms with van der Waals surface area (Å²) in [5, 5.41) is 0. The summed E-state index contributed by atoms with van der Waals surface area (Å²) < 4.78 is 0. The van der Waals surface area contributed by atoms with Gasteiger partial charge in [0.25, 0.3) is 0 Å². The average molecular weight is 361 g/mol. The van der Waals surface area contributed by atoms with E-state index in [4.69, 9.17) is 9.97 Å². The standard InChI is InChI=1S/C22H27N5/c1-5-27(12-11-19-23-17-8-6-7-15(3)21(17)25-19)13-20-24-18-10-9-14(2)16(4)22(18)26-20/h6-10H,5,11-13H2,1-4H3,(H,23,25)(H,24,26). The van der Waals surface area contributed by atoms with Gasteiger partial charge in [-0.1, -0.05) is 25.1 Å². The fourth-order valence-electron chi connectivity index (χ4n) is 3.61. The predicted molar refractivity (Wildman–Crippen MR) is 111 cm³/mol. The van der Waals surface area contributed by atoms with E-state index in [2.05, 4.69) is 72.9 Å². The second-order valence-electron chi connectivity index (χ2n) is 7.36. The van der Waals surface area contributed by atoms with Gasteiger partial charge in [0.1, 0.15) is 11.6 Å². The number of likely N-dealkylation sites (N-methyl/N-ethyl adjacent to an activating group) is 1. The van der Waals surface area contributed by atoms with E-state index in [-0.39, 0.29) is 0 Å². The highest BCUT2D eigenvalue weighted by molar-refractivity contribution is 5.80. The van der Waals surface area contributed by atoms with Gasteiger partial charge >= 0.3 is 0 Å². The van der Waals surface area contributed by atoms with Gasteiger partial charge in [0, 0.05) is 13.0 Å². The smallest absolute Gasteiger partial charge is 0.121 e. The van der Waals surface area contributed by atoms with E-state index < -0.39 is 0 Å². The Kier molecular flexibility index (Phi) is 4.70. The maximum absolute atomic E-state index is 4.84. The number of aryl methyl sites for hydroxylation is 3. The van der Waals surface area contributed by atoms with Crippen LogP contribution in [0, 0.1) is 20.8 Å². The van der Waals surface area contributed by atoms with E-state index >= 15 is 0 Å². The minimum Gasteiger partial charge on any atom is -0.342 e. The van der Waals surface area contributed by atoms with E-state index in [1.165, 1.54) is 16.7 Å². The van der Waals surface area contributed by atoms with Crippen molar-refractivity contribution >= 4 is 22.1 Å². The van der Waals surface area contributed by atoms with E-state index in [1.54, 1.807) is 0 Å². The molecule has 0 amide bonds. The summed E-state index contributed by atoms with van der Waals surface area (Å²) in [4.78, 5) is 19.0. The Hall–Kier alpha value is -2.66. The van der Waals surface area contributed by atoms with Crippen LogP contribution in [0.5, 0.6) is 0 Å². The average Bonchev–Trinajstić information content (AvgIpc) is 3.26. The fraction of sp³-hybridized carbons (Fsp3) is 0.364. The van der Waals surface area contributed by atoms with Crippen LogP contribution in [0.2, 0.25) is 0 Å². The molecule has 0 unspecified atom stereocenters. The Morgan fingerprint density at radius 3 is 2.37 bits per heavy atom. The first-order chi connectivity index (χ1) is 13.0. The second-order valence-corrected chi connectivity index (χ2v) is 7.36. The Morgan fingerprint density at radius 2 is 1.59 bits per heavy atom. The van der Waals surface area contributed by atoms with Crippen LogP contribution >= 0.6 is 0 Å². The number of benzene rings is 2. The van der Waals surface area contributed by atoms with Crippen LogP contribution in [0.3, 0.4) is 0 Å². The van der Waals surface area contributed by atoms with E-state index in [1.807, 2.05) is 0 Å². The van der Waals surface area contributed by atoms with Crippen LogP contribution in [0.25, 0.3) is 22.1 Å². The maximum Gasteiger partial charge on any atom is 0.121 e. The molecular formula is C22H27N5. The zero-order valence-corrected chi connectivity index (χ0v) is 16.6. The molecule has 2 N–H and O–H groups in total. The SMILES string of the molecule is CCN(CCc1nc2c(C)cccc2[nH]1)Cc1nc2c(C)c(C)ccc2[nH]1. The van der Waals surface area contributed by atoms with Crippen LogP contribution in [0.4, 0.5) is 0 Å². The number of fused-ring (bicyclic) bond motifs is 2. The zero-order chi connectivity index (χ0) is 19.0. The van der Waals surface area contributed by atoms with Gasteiger partial charge < -0.3 is 9.97 Å². The first kappa shape index (κ1) is 17.7. The van der Waals surface area contributed by atoms with Gasteiger partial charge in [0.2, 0.25) is 0 Å². The number of H-pyrrole nitrogens is 2. The summed E-state index contributed by atoms with van der Waals surface area (Å²) in [6, 6.07) is 10.6. The number of hydrogen-bond donors (Lipinski definition) is 2. The predicted octanol–water partition coefficient (Wildman–Crippen LogP) is 4.43. The molecule has 0 spiro atoms. The lowest BCUT2D eigenvalue weighted by Crippen LogP contribution is -2.26. The van der Waals surface area contributed by atoms with Crippen LogP contribution < -0.4 is 0 Å². The van der Waals surface area contributed by atoms with Crippen molar-refractivity contribution in [2.45, 2.75) is 40.7 Å². The third kappa shape index (κ3) is 3.47. The highest BCUT2D eigenvalue weighted by Gasteiger charge is 2.12. The summed E-state index contributed by atoms with van der Waals surface area (Å²) in [6.45, 7) is 11.3.